The molecule has 0 fully saturated rings. The first-order valence-corrected chi connectivity index (χ1v) is 5.24. The molecule has 0 saturated heterocycles. The molecule has 0 radical (unpaired) electrons. The van der Waals surface area contributed by atoms with Crippen molar-refractivity contribution in [2.75, 3.05) is 13.2 Å². The fraction of sp³-hybridized carbons (Fsp3) is 0.182. The number of rotatable bonds is 6. The number of benzene rings is 1. The van der Waals surface area contributed by atoms with Gasteiger partial charge in [-0.05, 0) is 6.07 Å². The fourth-order valence-electron chi connectivity index (χ4n) is 1.32. The topological polar surface area (TPSA) is 143 Å². The molecule has 0 aliphatic heterocycles. The number of hydrogen-bond acceptors (Lipinski definition) is 6. The van der Waals surface area contributed by atoms with Crippen LogP contribution < -0.4 is 10.1 Å². The van der Waals surface area contributed by atoms with Gasteiger partial charge < -0.3 is 15.2 Å². The molecular formula is C11H9N3O6. The van der Waals surface area contributed by atoms with E-state index in [1.54, 1.807) is 6.07 Å². The van der Waals surface area contributed by atoms with Crippen molar-refractivity contribution in [1.29, 1.82) is 5.26 Å². The highest BCUT2D eigenvalue weighted by Crippen LogP contribution is 2.30. The van der Waals surface area contributed by atoms with Crippen LogP contribution >= 0.6 is 0 Å². The molecule has 1 amide bonds. The molecule has 0 aromatic heterocycles. The van der Waals surface area contributed by atoms with Crippen molar-refractivity contribution < 1.29 is 24.4 Å². The predicted molar refractivity (Wildman–Crippen MR) is 64.2 cm³/mol. The van der Waals surface area contributed by atoms with Crippen LogP contribution in [0.5, 0.6) is 5.75 Å². The zero-order chi connectivity index (χ0) is 15.1. The lowest BCUT2D eigenvalue weighted by molar-refractivity contribution is -0.385. The smallest absolute Gasteiger partial charge is 0.339 e. The Kier molecular flexibility index (Phi) is 4.99. The number of amides is 1. The second-order valence-electron chi connectivity index (χ2n) is 3.44. The molecule has 0 bridgehead atoms. The maximum atomic E-state index is 11.2. The van der Waals surface area contributed by atoms with Crippen molar-refractivity contribution in [3.8, 4) is 11.8 Å². The molecule has 20 heavy (non-hydrogen) atoms. The number of carboxylic acids is 1. The van der Waals surface area contributed by atoms with Crippen molar-refractivity contribution in [3.05, 3.63) is 33.9 Å². The van der Waals surface area contributed by atoms with Gasteiger partial charge in [0, 0.05) is 6.07 Å². The van der Waals surface area contributed by atoms with Gasteiger partial charge in [-0.2, -0.15) is 5.26 Å². The highest BCUT2D eigenvalue weighted by atomic mass is 16.6. The van der Waals surface area contributed by atoms with Crippen LogP contribution in [-0.2, 0) is 4.79 Å². The lowest BCUT2D eigenvalue weighted by atomic mass is 10.2. The zero-order valence-electron chi connectivity index (χ0n) is 10.0. The highest BCUT2D eigenvalue weighted by Gasteiger charge is 2.23. The number of nitrogens with zero attached hydrogens (tertiary/aromatic N) is 2. The van der Waals surface area contributed by atoms with Gasteiger partial charge in [-0.3, -0.25) is 14.9 Å². The lowest BCUT2D eigenvalue weighted by Crippen LogP contribution is -2.29. The number of carbonyl (C=O) groups is 2. The molecule has 0 spiro atoms. The molecule has 1 aromatic carbocycles. The number of para-hydroxylation sites is 1. The number of carbonyl (C=O) groups excluding carboxylic acids is 1. The van der Waals surface area contributed by atoms with E-state index in [2.05, 4.69) is 5.32 Å². The van der Waals surface area contributed by atoms with Gasteiger partial charge in [-0.15, -0.1) is 0 Å². The summed E-state index contributed by atoms with van der Waals surface area (Å²) < 4.78 is 4.91. The van der Waals surface area contributed by atoms with Crippen molar-refractivity contribution in [2.45, 2.75) is 0 Å². The number of aromatic carboxylic acids is 1. The first-order chi connectivity index (χ1) is 9.47. The molecule has 0 aliphatic rings. The molecule has 0 heterocycles. The third-order valence-electron chi connectivity index (χ3n) is 2.13. The number of nitro benzene ring substituents is 1. The van der Waals surface area contributed by atoms with Crippen LogP contribution in [-0.4, -0.2) is 35.1 Å². The summed E-state index contributed by atoms with van der Waals surface area (Å²) in [6.07, 6.45) is 0. The third-order valence-corrected chi connectivity index (χ3v) is 2.13. The molecule has 0 unspecified atom stereocenters. The lowest BCUT2D eigenvalue weighted by Gasteiger charge is -2.08. The summed E-state index contributed by atoms with van der Waals surface area (Å²) >= 11 is 0. The normalized spacial score (nSPS) is 9.35. The summed E-state index contributed by atoms with van der Waals surface area (Å²) in [6.45, 7) is -0.877. The van der Waals surface area contributed by atoms with Crippen LogP contribution in [0.1, 0.15) is 10.4 Å². The Morgan fingerprint density at radius 2 is 2.20 bits per heavy atom. The van der Waals surface area contributed by atoms with Gasteiger partial charge in [-0.25, -0.2) is 4.79 Å². The van der Waals surface area contributed by atoms with E-state index in [9.17, 15) is 19.7 Å². The van der Waals surface area contributed by atoms with Gasteiger partial charge in [0.1, 0.15) is 12.1 Å². The van der Waals surface area contributed by atoms with Crippen LogP contribution in [0, 0.1) is 21.4 Å². The summed E-state index contributed by atoms with van der Waals surface area (Å²) in [5.41, 5.74) is -0.981. The third kappa shape index (κ3) is 3.67. The number of nitro groups is 1. The quantitative estimate of drug-likeness (QED) is 0.433. The second-order valence-corrected chi connectivity index (χ2v) is 3.44. The summed E-state index contributed by atoms with van der Waals surface area (Å²) in [5.74, 6) is -2.61. The number of ether oxygens (including phenoxy) is 1. The van der Waals surface area contributed by atoms with E-state index in [-0.39, 0.29) is 6.54 Å². The minimum Gasteiger partial charge on any atom is -0.478 e. The fourth-order valence-corrected chi connectivity index (χ4v) is 1.32. The largest absolute Gasteiger partial charge is 0.478 e. The van der Waals surface area contributed by atoms with Crippen LogP contribution in [0.25, 0.3) is 0 Å². The van der Waals surface area contributed by atoms with Crippen molar-refractivity contribution >= 4 is 17.6 Å². The average molecular weight is 279 g/mol. The Bertz CT molecular complexity index is 560. The number of carboxylic acid groups (broad SMARTS) is 1. The van der Waals surface area contributed by atoms with E-state index < -0.39 is 40.4 Å². The van der Waals surface area contributed by atoms with Gasteiger partial charge in [-0.1, -0.05) is 6.07 Å². The summed E-state index contributed by atoms with van der Waals surface area (Å²) in [5, 5.41) is 30.2. The van der Waals surface area contributed by atoms with Crippen molar-refractivity contribution in [3.63, 3.8) is 0 Å². The van der Waals surface area contributed by atoms with Gasteiger partial charge in [0.2, 0.25) is 5.75 Å². The van der Waals surface area contributed by atoms with Crippen LogP contribution in [0.3, 0.4) is 0 Å². The first kappa shape index (κ1) is 14.9. The van der Waals surface area contributed by atoms with E-state index in [1.807, 2.05) is 0 Å². The summed E-state index contributed by atoms with van der Waals surface area (Å²) in [4.78, 5) is 32.2. The molecule has 9 heteroatoms. The molecule has 0 atom stereocenters. The number of hydrogen-bond donors (Lipinski definition) is 2. The van der Waals surface area contributed by atoms with Crippen molar-refractivity contribution in [2.24, 2.45) is 0 Å². The van der Waals surface area contributed by atoms with E-state index >= 15 is 0 Å². The minimum absolute atomic E-state index is 0.245. The Labute approximate surface area is 112 Å². The van der Waals surface area contributed by atoms with E-state index in [4.69, 9.17) is 15.1 Å². The summed E-state index contributed by atoms with van der Waals surface area (Å²) in [7, 11) is 0. The molecule has 9 nitrogen and oxygen atoms in total. The van der Waals surface area contributed by atoms with E-state index in [0.29, 0.717) is 0 Å². The van der Waals surface area contributed by atoms with Crippen LogP contribution in [0.4, 0.5) is 5.69 Å². The van der Waals surface area contributed by atoms with E-state index in [0.717, 1.165) is 12.1 Å². The summed E-state index contributed by atoms with van der Waals surface area (Å²) in [6, 6.07) is 5.05. The first-order valence-electron chi connectivity index (χ1n) is 5.24. The van der Waals surface area contributed by atoms with Crippen LogP contribution in [0.2, 0.25) is 0 Å². The standard InChI is InChI=1S/C11H9N3O6/c12-4-5-13-9(15)6-20-10-7(11(16)17)2-1-3-8(10)14(18)19/h1-3H,5-6H2,(H,13,15)(H,16,17). The Hall–Kier alpha value is -3.15. The minimum atomic E-state index is -1.42. The highest BCUT2D eigenvalue weighted by molar-refractivity contribution is 5.92. The van der Waals surface area contributed by atoms with Gasteiger partial charge >= 0.3 is 11.7 Å². The predicted octanol–water partition coefficient (Wildman–Crippen LogP) is 0.312. The van der Waals surface area contributed by atoms with Crippen molar-refractivity contribution in [1.82, 2.24) is 5.32 Å². The van der Waals surface area contributed by atoms with E-state index in [1.165, 1.54) is 6.07 Å². The maximum Gasteiger partial charge on any atom is 0.339 e. The Balaban J connectivity index is 2.97. The maximum absolute atomic E-state index is 11.2. The zero-order valence-corrected chi connectivity index (χ0v) is 10.0. The molecule has 0 aliphatic carbocycles. The van der Waals surface area contributed by atoms with Gasteiger partial charge in [0.15, 0.2) is 6.61 Å². The molecule has 1 rings (SSSR count). The molecule has 1 aromatic rings. The SMILES string of the molecule is N#CCNC(=O)COc1c(C(=O)O)cccc1[N+](=O)[O-]. The second kappa shape index (κ2) is 6.69. The number of nitrogens with one attached hydrogen (secondary N) is 1. The van der Waals surface area contributed by atoms with Gasteiger partial charge in [0.25, 0.3) is 5.91 Å². The van der Waals surface area contributed by atoms with Crippen LogP contribution in [0.15, 0.2) is 18.2 Å². The molecule has 104 valence electrons. The average Bonchev–Trinajstić information content (AvgIpc) is 2.42. The molecular weight excluding hydrogens is 270 g/mol. The Morgan fingerprint density at radius 1 is 1.50 bits per heavy atom. The Morgan fingerprint density at radius 3 is 2.75 bits per heavy atom. The van der Waals surface area contributed by atoms with Gasteiger partial charge in [0.05, 0.1) is 11.0 Å². The molecule has 0 saturated carbocycles. The molecule has 2 N–H and O–H groups in total. The number of nitriles is 1. The monoisotopic (exact) mass is 279 g/mol.